The van der Waals surface area contributed by atoms with E-state index in [-0.39, 0.29) is 11.3 Å². The SMILES string of the molecule is Cc1cc(C)c2nc(N3C(=O)C(=O)C(=C(O)c4ccc5c(c4)OCCO5)C3c3ccccc3)sc2c1. The number of carbonyl (C=O) groups is 2. The number of ether oxygens (including phenoxy) is 2. The number of amides is 1. The molecular formula is C28H22N2O5S. The summed E-state index contributed by atoms with van der Waals surface area (Å²) in [5.41, 5.74) is 3.96. The monoisotopic (exact) mass is 498 g/mol. The van der Waals surface area contributed by atoms with Gasteiger partial charge in [-0.25, -0.2) is 4.98 Å². The second kappa shape index (κ2) is 8.49. The van der Waals surface area contributed by atoms with E-state index in [1.54, 1.807) is 18.2 Å². The second-order valence-electron chi connectivity index (χ2n) is 8.86. The van der Waals surface area contributed by atoms with Crippen LogP contribution < -0.4 is 14.4 Å². The van der Waals surface area contributed by atoms with E-state index in [1.807, 2.05) is 56.3 Å². The van der Waals surface area contributed by atoms with Gasteiger partial charge in [-0.15, -0.1) is 0 Å². The van der Waals surface area contributed by atoms with E-state index in [1.165, 1.54) is 16.2 Å². The van der Waals surface area contributed by atoms with Crippen LogP contribution in [0.5, 0.6) is 11.5 Å². The number of hydrogen-bond donors (Lipinski definition) is 1. The minimum atomic E-state index is -0.832. The van der Waals surface area contributed by atoms with Crippen LogP contribution in [0.2, 0.25) is 0 Å². The van der Waals surface area contributed by atoms with Crippen molar-refractivity contribution in [2.75, 3.05) is 18.1 Å². The number of ketones is 1. The molecule has 4 aromatic rings. The van der Waals surface area contributed by atoms with Crippen molar-refractivity contribution in [2.24, 2.45) is 0 Å². The molecule has 3 heterocycles. The predicted molar refractivity (Wildman–Crippen MR) is 138 cm³/mol. The number of carbonyl (C=O) groups excluding carboxylic acids is 2. The fourth-order valence-electron chi connectivity index (χ4n) is 4.79. The molecule has 1 N–H and O–H groups in total. The first-order valence-corrected chi connectivity index (χ1v) is 12.4. The molecule has 0 spiro atoms. The Morgan fingerprint density at radius 2 is 1.75 bits per heavy atom. The molecule has 180 valence electrons. The van der Waals surface area contributed by atoms with Crippen molar-refractivity contribution in [3.05, 3.63) is 88.5 Å². The van der Waals surface area contributed by atoms with Crippen LogP contribution in [0.1, 0.15) is 28.3 Å². The molecule has 1 unspecified atom stereocenters. The molecule has 1 atom stereocenters. The number of nitrogens with zero attached hydrogens (tertiary/aromatic N) is 2. The van der Waals surface area contributed by atoms with Gasteiger partial charge in [-0.1, -0.05) is 47.7 Å². The number of Topliss-reactive ketones (excluding diaryl/α,β-unsaturated/α-hetero) is 1. The maximum atomic E-state index is 13.5. The summed E-state index contributed by atoms with van der Waals surface area (Å²) in [5, 5.41) is 11.8. The molecule has 0 aliphatic carbocycles. The number of benzene rings is 3. The summed E-state index contributed by atoms with van der Waals surface area (Å²) in [7, 11) is 0. The zero-order chi connectivity index (χ0) is 25.0. The van der Waals surface area contributed by atoms with Gasteiger partial charge in [0.15, 0.2) is 16.6 Å². The van der Waals surface area contributed by atoms with Crippen molar-refractivity contribution in [2.45, 2.75) is 19.9 Å². The molecule has 7 nitrogen and oxygen atoms in total. The van der Waals surface area contributed by atoms with Crippen molar-refractivity contribution in [1.29, 1.82) is 0 Å². The van der Waals surface area contributed by atoms with E-state index >= 15 is 0 Å². The zero-order valence-electron chi connectivity index (χ0n) is 19.6. The van der Waals surface area contributed by atoms with Gasteiger partial charge < -0.3 is 14.6 Å². The van der Waals surface area contributed by atoms with E-state index < -0.39 is 17.7 Å². The maximum Gasteiger partial charge on any atom is 0.301 e. The van der Waals surface area contributed by atoms with Crippen molar-refractivity contribution in [3.8, 4) is 11.5 Å². The van der Waals surface area contributed by atoms with Gasteiger partial charge in [0.2, 0.25) is 0 Å². The van der Waals surface area contributed by atoms with Crippen LogP contribution in [-0.2, 0) is 9.59 Å². The number of rotatable bonds is 3. The zero-order valence-corrected chi connectivity index (χ0v) is 20.5. The summed E-state index contributed by atoms with van der Waals surface area (Å²) in [5.74, 6) is -0.708. The fraction of sp³-hybridized carbons (Fsp3) is 0.179. The molecule has 1 saturated heterocycles. The average molecular weight is 499 g/mol. The van der Waals surface area contributed by atoms with Gasteiger partial charge >= 0.3 is 5.91 Å². The minimum Gasteiger partial charge on any atom is -0.507 e. The third-order valence-electron chi connectivity index (χ3n) is 6.40. The average Bonchev–Trinajstić information content (AvgIpc) is 3.42. The lowest BCUT2D eigenvalue weighted by Gasteiger charge is -2.23. The van der Waals surface area contributed by atoms with Crippen LogP contribution in [0, 0.1) is 13.8 Å². The molecule has 1 aromatic heterocycles. The molecule has 0 saturated carbocycles. The molecule has 2 aliphatic heterocycles. The third kappa shape index (κ3) is 3.53. The predicted octanol–water partition coefficient (Wildman–Crippen LogP) is 5.31. The van der Waals surface area contributed by atoms with Crippen LogP contribution >= 0.6 is 11.3 Å². The standard InChI is InChI=1S/C28H22N2O5S/c1-15-12-16(2)23-21(13-15)36-28(29-23)30-24(17-6-4-3-5-7-17)22(26(32)27(30)33)25(31)18-8-9-19-20(14-18)35-11-10-34-19/h3-9,12-14,24,31H,10-11H2,1-2H3. The molecule has 6 rings (SSSR count). The Balaban J connectivity index is 1.54. The highest BCUT2D eigenvalue weighted by Crippen LogP contribution is 2.45. The lowest BCUT2D eigenvalue weighted by Crippen LogP contribution is -2.29. The molecule has 8 heteroatoms. The summed E-state index contributed by atoms with van der Waals surface area (Å²) in [4.78, 5) is 33.0. The lowest BCUT2D eigenvalue weighted by atomic mass is 9.95. The number of fused-ring (bicyclic) bond motifs is 2. The summed E-state index contributed by atoms with van der Waals surface area (Å²) in [6, 6.07) is 17.4. The highest BCUT2D eigenvalue weighted by molar-refractivity contribution is 7.22. The van der Waals surface area contributed by atoms with Crippen LogP contribution in [0.4, 0.5) is 5.13 Å². The first kappa shape index (κ1) is 22.3. The van der Waals surface area contributed by atoms with E-state index in [2.05, 4.69) is 0 Å². The quantitative estimate of drug-likeness (QED) is 0.234. The molecule has 1 fully saturated rings. The number of thiazole rings is 1. The third-order valence-corrected chi connectivity index (χ3v) is 7.40. The largest absolute Gasteiger partial charge is 0.507 e. The molecule has 1 amide bonds. The first-order valence-electron chi connectivity index (χ1n) is 11.6. The van der Waals surface area contributed by atoms with Crippen LogP contribution in [-0.4, -0.2) is 35.0 Å². The number of aromatic nitrogens is 1. The van der Waals surface area contributed by atoms with Crippen LogP contribution in [0.3, 0.4) is 0 Å². The minimum absolute atomic E-state index is 0.00929. The normalized spacial score (nSPS) is 18.7. The highest BCUT2D eigenvalue weighted by Gasteiger charge is 2.48. The smallest absolute Gasteiger partial charge is 0.301 e. The van der Waals surface area contributed by atoms with Crippen molar-refractivity contribution >= 4 is 44.1 Å². The Bertz CT molecular complexity index is 1570. The topological polar surface area (TPSA) is 89.0 Å². The summed E-state index contributed by atoms with van der Waals surface area (Å²) in [6.45, 7) is 4.82. The van der Waals surface area contributed by atoms with Gasteiger partial charge in [0.1, 0.15) is 19.0 Å². The molecular weight excluding hydrogens is 476 g/mol. The Morgan fingerprint density at radius 1 is 1.00 bits per heavy atom. The summed E-state index contributed by atoms with van der Waals surface area (Å²) < 4.78 is 12.2. The number of aryl methyl sites for hydroxylation is 2. The Hall–Kier alpha value is -4.17. The Labute approximate surface area is 211 Å². The van der Waals surface area contributed by atoms with Gasteiger partial charge in [0.05, 0.1) is 21.8 Å². The molecule has 3 aromatic carbocycles. The Morgan fingerprint density at radius 3 is 2.53 bits per heavy atom. The first-order chi connectivity index (χ1) is 17.4. The number of anilines is 1. The van der Waals surface area contributed by atoms with Gasteiger partial charge in [-0.05, 0) is 54.8 Å². The molecule has 2 aliphatic rings. The molecule has 0 radical (unpaired) electrons. The van der Waals surface area contributed by atoms with E-state index in [0.29, 0.717) is 41.0 Å². The van der Waals surface area contributed by atoms with Crippen molar-refractivity contribution in [1.82, 2.24) is 4.98 Å². The highest BCUT2D eigenvalue weighted by atomic mass is 32.1. The maximum absolute atomic E-state index is 13.5. The molecule has 0 bridgehead atoms. The van der Waals surface area contributed by atoms with Gasteiger partial charge in [-0.3, -0.25) is 14.5 Å². The van der Waals surface area contributed by atoms with Crippen molar-refractivity contribution in [3.63, 3.8) is 0 Å². The number of aliphatic hydroxyl groups excluding tert-OH is 1. The van der Waals surface area contributed by atoms with Gasteiger partial charge in [0.25, 0.3) is 5.78 Å². The number of aliphatic hydroxyl groups is 1. The summed E-state index contributed by atoms with van der Waals surface area (Å²) in [6.07, 6.45) is 0. The fourth-order valence-corrected chi connectivity index (χ4v) is 5.96. The molecule has 36 heavy (non-hydrogen) atoms. The second-order valence-corrected chi connectivity index (χ2v) is 9.87. The van der Waals surface area contributed by atoms with Crippen LogP contribution in [0.25, 0.3) is 16.0 Å². The van der Waals surface area contributed by atoms with Crippen LogP contribution in [0.15, 0.2) is 66.2 Å². The summed E-state index contributed by atoms with van der Waals surface area (Å²) >= 11 is 1.36. The van der Waals surface area contributed by atoms with E-state index in [4.69, 9.17) is 14.5 Å². The van der Waals surface area contributed by atoms with E-state index in [9.17, 15) is 14.7 Å². The Kier molecular flexibility index (Phi) is 5.26. The van der Waals surface area contributed by atoms with Crippen molar-refractivity contribution < 1.29 is 24.2 Å². The number of hydrogen-bond acceptors (Lipinski definition) is 7. The van der Waals surface area contributed by atoms with E-state index in [0.717, 1.165) is 21.3 Å². The van der Waals surface area contributed by atoms with Gasteiger partial charge in [-0.2, -0.15) is 0 Å². The van der Waals surface area contributed by atoms with Gasteiger partial charge in [0, 0.05) is 5.56 Å². The lowest BCUT2D eigenvalue weighted by molar-refractivity contribution is -0.132.